The fourth-order valence-electron chi connectivity index (χ4n) is 2.52. The van der Waals surface area contributed by atoms with Crippen molar-refractivity contribution >= 4 is 43.8 Å². The second kappa shape index (κ2) is 8.81. The Labute approximate surface area is 177 Å². The van der Waals surface area contributed by atoms with Crippen LogP contribution in [0.2, 0.25) is 5.02 Å². The molecular formula is C19H17ClN2O5S2. The number of carbonyl (C=O) groups excluding carboxylic acids is 1. The summed E-state index contributed by atoms with van der Waals surface area (Å²) in [5.74, 6) is -0.169. The molecule has 0 aliphatic rings. The fourth-order valence-corrected chi connectivity index (χ4v) is 4.51. The number of nitrogens with one attached hydrogen (secondary N) is 1. The standard InChI is InChI=1S/C19H17ClN2O5S2/c1-26-13-5-8-15(17(9-13)27-2)16-10-28-19(21-16)22-18(23)11-29(24,25)14-6-3-12(20)4-7-14/h3-10H,11H2,1-2H3,(H,21,22,23). The van der Waals surface area contributed by atoms with Crippen LogP contribution in [0.5, 0.6) is 11.5 Å². The minimum absolute atomic E-state index is 0.0276. The maximum atomic E-state index is 12.4. The Morgan fingerprint density at radius 2 is 1.86 bits per heavy atom. The van der Waals surface area contributed by atoms with E-state index in [2.05, 4.69) is 10.3 Å². The van der Waals surface area contributed by atoms with Crippen LogP contribution in [-0.4, -0.2) is 39.3 Å². The molecule has 0 atom stereocenters. The molecule has 0 fully saturated rings. The van der Waals surface area contributed by atoms with E-state index in [-0.39, 0.29) is 10.0 Å². The largest absolute Gasteiger partial charge is 0.497 e. The van der Waals surface area contributed by atoms with Gasteiger partial charge in [-0.05, 0) is 36.4 Å². The highest BCUT2D eigenvalue weighted by atomic mass is 35.5. The van der Waals surface area contributed by atoms with Crippen molar-refractivity contribution in [2.75, 3.05) is 25.3 Å². The van der Waals surface area contributed by atoms with E-state index in [1.54, 1.807) is 30.7 Å². The summed E-state index contributed by atoms with van der Waals surface area (Å²) in [4.78, 5) is 16.6. The molecule has 1 N–H and O–H groups in total. The number of halogens is 1. The first-order valence-electron chi connectivity index (χ1n) is 8.28. The van der Waals surface area contributed by atoms with Crippen LogP contribution in [0.25, 0.3) is 11.3 Å². The first kappa shape index (κ1) is 21.1. The minimum Gasteiger partial charge on any atom is -0.497 e. The van der Waals surface area contributed by atoms with Gasteiger partial charge in [0, 0.05) is 22.0 Å². The molecule has 0 aliphatic carbocycles. The third-order valence-corrected chi connectivity index (χ3v) is 6.57. The van der Waals surface area contributed by atoms with Crippen molar-refractivity contribution in [3.63, 3.8) is 0 Å². The number of hydrogen-bond acceptors (Lipinski definition) is 7. The first-order chi connectivity index (χ1) is 13.8. The maximum Gasteiger partial charge on any atom is 0.241 e. The van der Waals surface area contributed by atoms with Gasteiger partial charge in [0.2, 0.25) is 5.91 Å². The zero-order chi connectivity index (χ0) is 21.0. The molecule has 1 amide bonds. The molecule has 0 bridgehead atoms. The van der Waals surface area contributed by atoms with Crippen molar-refractivity contribution < 1.29 is 22.7 Å². The summed E-state index contributed by atoms with van der Waals surface area (Å²) >= 11 is 6.95. The average Bonchev–Trinajstić information content (AvgIpc) is 3.15. The lowest BCUT2D eigenvalue weighted by atomic mass is 10.1. The molecule has 0 spiro atoms. The quantitative estimate of drug-likeness (QED) is 0.584. The lowest BCUT2D eigenvalue weighted by Crippen LogP contribution is -2.22. The highest BCUT2D eigenvalue weighted by Crippen LogP contribution is 2.34. The van der Waals surface area contributed by atoms with Gasteiger partial charge in [0.15, 0.2) is 15.0 Å². The van der Waals surface area contributed by atoms with E-state index in [4.69, 9.17) is 21.1 Å². The molecule has 0 radical (unpaired) electrons. The van der Waals surface area contributed by atoms with Gasteiger partial charge in [-0.15, -0.1) is 11.3 Å². The summed E-state index contributed by atoms with van der Waals surface area (Å²) < 4.78 is 35.3. The molecule has 29 heavy (non-hydrogen) atoms. The van der Waals surface area contributed by atoms with E-state index in [1.807, 2.05) is 0 Å². The number of sulfone groups is 1. The van der Waals surface area contributed by atoms with Crippen LogP contribution in [0, 0.1) is 0 Å². The van der Waals surface area contributed by atoms with Crippen molar-refractivity contribution in [2.45, 2.75) is 4.90 Å². The van der Waals surface area contributed by atoms with Crippen LogP contribution in [0.15, 0.2) is 52.7 Å². The summed E-state index contributed by atoms with van der Waals surface area (Å²) in [5, 5.41) is 4.97. The molecule has 1 heterocycles. The van der Waals surface area contributed by atoms with E-state index in [1.165, 1.54) is 42.7 Å². The summed E-state index contributed by atoms with van der Waals surface area (Å²) in [7, 11) is -0.693. The van der Waals surface area contributed by atoms with Crippen LogP contribution in [0.1, 0.15) is 0 Å². The Bertz CT molecular complexity index is 1130. The number of benzene rings is 2. The monoisotopic (exact) mass is 452 g/mol. The molecular weight excluding hydrogens is 436 g/mol. The number of methoxy groups -OCH3 is 2. The lowest BCUT2D eigenvalue weighted by Gasteiger charge is -2.08. The number of anilines is 1. The zero-order valence-corrected chi connectivity index (χ0v) is 17.9. The van der Waals surface area contributed by atoms with Gasteiger partial charge < -0.3 is 14.8 Å². The van der Waals surface area contributed by atoms with E-state index < -0.39 is 21.5 Å². The number of amides is 1. The van der Waals surface area contributed by atoms with Gasteiger partial charge in [-0.3, -0.25) is 4.79 Å². The van der Waals surface area contributed by atoms with Crippen molar-refractivity contribution in [1.29, 1.82) is 0 Å². The second-order valence-corrected chi connectivity index (χ2v) is 9.15. The van der Waals surface area contributed by atoms with Crippen LogP contribution >= 0.6 is 22.9 Å². The summed E-state index contributed by atoms with van der Waals surface area (Å²) in [6.07, 6.45) is 0. The van der Waals surface area contributed by atoms with Crippen LogP contribution in [0.4, 0.5) is 5.13 Å². The number of aromatic nitrogens is 1. The molecule has 3 rings (SSSR count). The predicted octanol–water partition coefficient (Wildman–Crippen LogP) is 3.89. The third kappa shape index (κ3) is 5.06. The molecule has 0 saturated heterocycles. The number of rotatable bonds is 7. The normalized spacial score (nSPS) is 11.1. The summed E-state index contributed by atoms with van der Waals surface area (Å²) in [6.45, 7) is 0. The number of thiazole rings is 1. The van der Waals surface area contributed by atoms with E-state index in [0.29, 0.717) is 22.2 Å². The van der Waals surface area contributed by atoms with Crippen LogP contribution < -0.4 is 14.8 Å². The Hall–Kier alpha value is -2.62. The molecule has 7 nitrogen and oxygen atoms in total. The molecule has 0 unspecified atom stereocenters. The summed E-state index contributed by atoms with van der Waals surface area (Å²) in [5.41, 5.74) is 1.31. The smallest absolute Gasteiger partial charge is 0.241 e. The van der Waals surface area contributed by atoms with Crippen molar-refractivity contribution in [3.8, 4) is 22.8 Å². The third-order valence-electron chi connectivity index (χ3n) is 3.93. The van der Waals surface area contributed by atoms with E-state index in [0.717, 1.165) is 5.56 Å². The summed E-state index contributed by atoms with van der Waals surface area (Å²) in [6, 6.07) is 10.9. The van der Waals surface area contributed by atoms with Crippen molar-refractivity contribution in [3.05, 3.63) is 52.9 Å². The van der Waals surface area contributed by atoms with Gasteiger partial charge in [0.05, 0.1) is 24.8 Å². The average molecular weight is 453 g/mol. The topological polar surface area (TPSA) is 94.6 Å². The first-order valence-corrected chi connectivity index (χ1v) is 11.2. The SMILES string of the molecule is COc1ccc(-c2csc(NC(=O)CS(=O)(=O)c3ccc(Cl)cc3)n2)c(OC)c1. The number of hydrogen-bond donors (Lipinski definition) is 1. The van der Waals surface area contributed by atoms with Crippen molar-refractivity contribution in [1.82, 2.24) is 4.98 Å². The minimum atomic E-state index is -3.79. The van der Waals surface area contributed by atoms with Crippen LogP contribution in [-0.2, 0) is 14.6 Å². The van der Waals surface area contributed by atoms with Gasteiger partial charge in [-0.2, -0.15) is 0 Å². The molecule has 152 valence electrons. The second-order valence-electron chi connectivity index (χ2n) is 5.87. The molecule has 1 aromatic heterocycles. The van der Waals surface area contributed by atoms with Gasteiger partial charge in [0.1, 0.15) is 17.3 Å². The Morgan fingerprint density at radius 3 is 2.52 bits per heavy atom. The number of carbonyl (C=O) groups is 1. The van der Waals surface area contributed by atoms with Gasteiger partial charge in [0.25, 0.3) is 0 Å². The zero-order valence-electron chi connectivity index (χ0n) is 15.5. The fraction of sp³-hybridized carbons (Fsp3) is 0.158. The maximum absolute atomic E-state index is 12.4. The van der Waals surface area contributed by atoms with E-state index >= 15 is 0 Å². The van der Waals surface area contributed by atoms with Gasteiger partial charge in [-0.25, -0.2) is 13.4 Å². The highest BCUT2D eigenvalue weighted by Gasteiger charge is 2.20. The number of nitrogens with zero attached hydrogens (tertiary/aromatic N) is 1. The van der Waals surface area contributed by atoms with E-state index in [9.17, 15) is 13.2 Å². The van der Waals surface area contributed by atoms with Crippen LogP contribution in [0.3, 0.4) is 0 Å². The predicted molar refractivity (Wildman–Crippen MR) is 113 cm³/mol. The van der Waals surface area contributed by atoms with Gasteiger partial charge in [-0.1, -0.05) is 11.6 Å². The molecule has 0 saturated carbocycles. The lowest BCUT2D eigenvalue weighted by molar-refractivity contribution is -0.113. The van der Waals surface area contributed by atoms with Gasteiger partial charge >= 0.3 is 0 Å². The number of ether oxygens (including phenoxy) is 2. The Kier molecular flexibility index (Phi) is 6.41. The molecule has 2 aromatic carbocycles. The molecule has 10 heteroatoms. The Balaban J connectivity index is 1.73. The van der Waals surface area contributed by atoms with Crippen molar-refractivity contribution in [2.24, 2.45) is 0 Å². The highest BCUT2D eigenvalue weighted by molar-refractivity contribution is 7.92. The molecule has 3 aromatic rings. The molecule has 0 aliphatic heterocycles. The Morgan fingerprint density at radius 1 is 1.14 bits per heavy atom.